The van der Waals surface area contributed by atoms with Crippen molar-refractivity contribution in [1.29, 1.82) is 0 Å². The third-order valence-corrected chi connectivity index (χ3v) is 2.95. The Labute approximate surface area is 96.5 Å². The smallest absolute Gasteiger partial charge is 0.124 e. The van der Waals surface area contributed by atoms with Crippen LogP contribution in [-0.4, -0.2) is 19.3 Å². The van der Waals surface area contributed by atoms with Crippen LogP contribution >= 0.6 is 15.9 Å². The van der Waals surface area contributed by atoms with Crippen LogP contribution in [0.4, 0.5) is 4.39 Å². The fraction of sp³-hybridized carbons (Fsp3) is 0.455. The molecule has 1 aromatic rings. The maximum absolute atomic E-state index is 12.9. The SMILES string of the molecule is Fc1ccc(OC2CCOC2)c(CBr)c1. The first kappa shape index (κ1) is 10.9. The summed E-state index contributed by atoms with van der Waals surface area (Å²) in [6.45, 7) is 1.37. The molecule has 0 radical (unpaired) electrons. The highest BCUT2D eigenvalue weighted by molar-refractivity contribution is 9.08. The molecule has 1 atom stereocenters. The number of rotatable bonds is 3. The van der Waals surface area contributed by atoms with E-state index >= 15 is 0 Å². The first-order valence-corrected chi connectivity index (χ1v) is 6.00. The molecule has 2 rings (SSSR count). The Morgan fingerprint density at radius 1 is 1.53 bits per heavy atom. The van der Waals surface area contributed by atoms with Crippen molar-refractivity contribution >= 4 is 15.9 Å². The summed E-state index contributed by atoms with van der Waals surface area (Å²) in [5.41, 5.74) is 0.835. The molecule has 0 bridgehead atoms. The fourth-order valence-corrected chi connectivity index (χ4v) is 1.99. The summed E-state index contributed by atoms with van der Waals surface area (Å²) in [7, 11) is 0. The Morgan fingerprint density at radius 2 is 2.40 bits per heavy atom. The normalized spacial score (nSPS) is 20.5. The molecule has 0 spiro atoms. The zero-order chi connectivity index (χ0) is 10.7. The highest BCUT2D eigenvalue weighted by atomic mass is 79.9. The van der Waals surface area contributed by atoms with Gasteiger partial charge in [0.25, 0.3) is 0 Å². The van der Waals surface area contributed by atoms with Crippen LogP contribution in [0.5, 0.6) is 5.75 Å². The van der Waals surface area contributed by atoms with Crippen molar-refractivity contribution in [2.75, 3.05) is 13.2 Å². The molecule has 1 fully saturated rings. The quantitative estimate of drug-likeness (QED) is 0.790. The number of ether oxygens (including phenoxy) is 2. The largest absolute Gasteiger partial charge is 0.488 e. The molecule has 1 unspecified atom stereocenters. The van der Waals surface area contributed by atoms with E-state index in [4.69, 9.17) is 9.47 Å². The Morgan fingerprint density at radius 3 is 3.07 bits per heavy atom. The second kappa shape index (κ2) is 4.94. The van der Waals surface area contributed by atoms with E-state index in [-0.39, 0.29) is 11.9 Å². The molecule has 0 aromatic heterocycles. The molecule has 4 heteroatoms. The third-order valence-electron chi connectivity index (χ3n) is 2.35. The lowest BCUT2D eigenvalue weighted by Crippen LogP contribution is -2.16. The summed E-state index contributed by atoms with van der Waals surface area (Å²) in [4.78, 5) is 0. The van der Waals surface area contributed by atoms with E-state index in [0.717, 1.165) is 24.3 Å². The molecule has 0 amide bonds. The van der Waals surface area contributed by atoms with Crippen molar-refractivity contribution in [3.63, 3.8) is 0 Å². The zero-order valence-electron chi connectivity index (χ0n) is 8.21. The van der Waals surface area contributed by atoms with E-state index in [2.05, 4.69) is 15.9 Å². The molecule has 2 nitrogen and oxygen atoms in total. The molecular formula is C11H12BrFO2. The van der Waals surface area contributed by atoms with Gasteiger partial charge in [0.05, 0.1) is 13.2 Å². The third kappa shape index (κ3) is 2.69. The molecule has 1 aliphatic rings. The van der Waals surface area contributed by atoms with Crippen molar-refractivity contribution in [2.24, 2.45) is 0 Å². The topological polar surface area (TPSA) is 18.5 Å². The molecule has 15 heavy (non-hydrogen) atoms. The van der Waals surface area contributed by atoms with Gasteiger partial charge >= 0.3 is 0 Å². The van der Waals surface area contributed by atoms with Gasteiger partial charge in [-0.15, -0.1) is 0 Å². The van der Waals surface area contributed by atoms with E-state index in [1.54, 1.807) is 6.07 Å². The molecule has 0 N–H and O–H groups in total. The van der Waals surface area contributed by atoms with E-state index in [9.17, 15) is 4.39 Å². The minimum absolute atomic E-state index is 0.105. The second-order valence-corrected chi connectivity index (χ2v) is 4.05. The zero-order valence-corrected chi connectivity index (χ0v) is 9.80. The van der Waals surface area contributed by atoms with E-state index in [1.807, 2.05) is 0 Å². The van der Waals surface area contributed by atoms with Crippen LogP contribution in [0.1, 0.15) is 12.0 Å². The van der Waals surface area contributed by atoms with Crippen LogP contribution < -0.4 is 4.74 Å². The highest BCUT2D eigenvalue weighted by Gasteiger charge is 2.18. The lowest BCUT2D eigenvalue weighted by atomic mass is 10.2. The monoisotopic (exact) mass is 274 g/mol. The van der Waals surface area contributed by atoms with Gasteiger partial charge in [-0.1, -0.05) is 15.9 Å². The summed E-state index contributed by atoms with van der Waals surface area (Å²) >= 11 is 3.31. The lowest BCUT2D eigenvalue weighted by molar-refractivity contribution is 0.141. The maximum atomic E-state index is 12.9. The van der Waals surface area contributed by atoms with Crippen LogP contribution in [0.25, 0.3) is 0 Å². The van der Waals surface area contributed by atoms with Gasteiger partial charge < -0.3 is 9.47 Å². The first-order valence-electron chi connectivity index (χ1n) is 4.88. The molecular weight excluding hydrogens is 263 g/mol. The van der Waals surface area contributed by atoms with Gasteiger partial charge in [-0.25, -0.2) is 4.39 Å². The summed E-state index contributed by atoms with van der Waals surface area (Å²) in [6, 6.07) is 4.57. The van der Waals surface area contributed by atoms with Crippen molar-refractivity contribution in [3.8, 4) is 5.75 Å². The highest BCUT2D eigenvalue weighted by Crippen LogP contribution is 2.24. The summed E-state index contributed by atoms with van der Waals surface area (Å²) in [6.07, 6.45) is 1.01. The molecule has 0 aliphatic carbocycles. The molecule has 1 aliphatic heterocycles. The molecule has 1 heterocycles. The number of hydrogen-bond donors (Lipinski definition) is 0. The minimum atomic E-state index is -0.237. The summed E-state index contributed by atoms with van der Waals surface area (Å²) in [5, 5.41) is 0.591. The van der Waals surface area contributed by atoms with Gasteiger partial charge in [-0.2, -0.15) is 0 Å². The predicted molar refractivity (Wildman–Crippen MR) is 58.9 cm³/mol. The molecule has 0 saturated carbocycles. The minimum Gasteiger partial charge on any atom is -0.488 e. The Bertz CT molecular complexity index is 337. The van der Waals surface area contributed by atoms with E-state index in [0.29, 0.717) is 11.9 Å². The molecule has 1 saturated heterocycles. The van der Waals surface area contributed by atoms with Crippen LogP contribution in [0.2, 0.25) is 0 Å². The average Bonchev–Trinajstić information content (AvgIpc) is 2.73. The lowest BCUT2D eigenvalue weighted by Gasteiger charge is -2.14. The fourth-order valence-electron chi connectivity index (χ4n) is 1.55. The molecule has 1 aromatic carbocycles. The Hall–Kier alpha value is -0.610. The van der Waals surface area contributed by atoms with Crippen molar-refractivity contribution in [3.05, 3.63) is 29.6 Å². The molecule has 82 valence electrons. The summed E-state index contributed by atoms with van der Waals surface area (Å²) in [5.74, 6) is 0.503. The van der Waals surface area contributed by atoms with Gasteiger partial charge in [0.1, 0.15) is 17.7 Å². The van der Waals surface area contributed by atoms with E-state index in [1.165, 1.54) is 12.1 Å². The second-order valence-electron chi connectivity index (χ2n) is 3.49. The van der Waals surface area contributed by atoms with Gasteiger partial charge in [0.15, 0.2) is 0 Å². The number of benzene rings is 1. The first-order chi connectivity index (χ1) is 7.29. The maximum Gasteiger partial charge on any atom is 0.124 e. The number of hydrogen-bond acceptors (Lipinski definition) is 2. The van der Waals surface area contributed by atoms with Gasteiger partial charge in [0.2, 0.25) is 0 Å². The van der Waals surface area contributed by atoms with Crippen molar-refractivity contribution < 1.29 is 13.9 Å². The average molecular weight is 275 g/mol. The predicted octanol–water partition coefficient (Wildman–Crippen LogP) is 2.89. The van der Waals surface area contributed by atoms with Crippen LogP contribution in [0, 0.1) is 5.82 Å². The Balaban J connectivity index is 2.12. The van der Waals surface area contributed by atoms with Crippen LogP contribution in [0.15, 0.2) is 18.2 Å². The van der Waals surface area contributed by atoms with Crippen LogP contribution in [-0.2, 0) is 10.1 Å². The number of alkyl halides is 1. The van der Waals surface area contributed by atoms with Crippen molar-refractivity contribution in [1.82, 2.24) is 0 Å². The summed E-state index contributed by atoms with van der Waals surface area (Å²) < 4.78 is 23.9. The number of halogens is 2. The van der Waals surface area contributed by atoms with Gasteiger partial charge in [-0.05, 0) is 18.2 Å². The van der Waals surface area contributed by atoms with Gasteiger partial charge in [0, 0.05) is 17.3 Å². The van der Waals surface area contributed by atoms with Crippen molar-refractivity contribution in [2.45, 2.75) is 17.9 Å². The Kier molecular flexibility index (Phi) is 3.59. The van der Waals surface area contributed by atoms with Gasteiger partial charge in [-0.3, -0.25) is 0 Å². The standard InChI is InChI=1S/C11H12BrFO2/c12-6-8-5-9(13)1-2-11(8)15-10-3-4-14-7-10/h1-2,5,10H,3-4,6-7H2. The van der Waals surface area contributed by atoms with Crippen LogP contribution in [0.3, 0.4) is 0 Å². The van der Waals surface area contributed by atoms with E-state index < -0.39 is 0 Å².